The number of hydrogen-bond donors (Lipinski definition) is 2. The van der Waals surface area contributed by atoms with Crippen LogP contribution in [-0.2, 0) is 12.1 Å². The number of nitrogens with one attached hydrogen (secondary N) is 1. The number of fused-ring (bicyclic) bond motifs is 13. The van der Waals surface area contributed by atoms with Crippen molar-refractivity contribution >= 4 is 49.5 Å². The minimum absolute atomic E-state index is 0.0375. The van der Waals surface area contributed by atoms with Gasteiger partial charge >= 0.3 is 0 Å². The molecule has 0 saturated heterocycles. The summed E-state index contributed by atoms with van der Waals surface area (Å²) in [4.78, 5) is 13.2. The normalized spacial score (nSPS) is 26.0. The molecule has 1 amide bonds. The molecule has 2 bridgehead atoms. The number of aliphatic hydroxyl groups is 1. The Hall–Kier alpha value is -3.31. The molecule has 5 heteroatoms. The van der Waals surface area contributed by atoms with Gasteiger partial charge in [-0.25, -0.2) is 0 Å². The van der Waals surface area contributed by atoms with E-state index in [0.717, 1.165) is 34.7 Å². The second-order valence-electron chi connectivity index (χ2n) is 10.1. The molecule has 32 heavy (non-hydrogen) atoms. The van der Waals surface area contributed by atoms with Gasteiger partial charge in [0.25, 0.3) is 5.91 Å². The lowest BCUT2D eigenvalue weighted by Gasteiger charge is -2.34. The summed E-state index contributed by atoms with van der Waals surface area (Å²) in [5, 5.41) is 18.2. The fourth-order valence-corrected chi connectivity index (χ4v) is 7.44. The lowest BCUT2D eigenvalue weighted by Crippen LogP contribution is -2.35. The summed E-state index contributed by atoms with van der Waals surface area (Å²) in [6.07, 6.45) is 1.92. The van der Waals surface area contributed by atoms with Crippen molar-refractivity contribution in [2.45, 2.75) is 37.9 Å². The van der Waals surface area contributed by atoms with Gasteiger partial charge in [-0.1, -0.05) is 36.4 Å². The van der Waals surface area contributed by atoms with Gasteiger partial charge in [0.1, 0.15) is 0 Å². The zero-order valence-electron chi connectivity index (χ0n) is 17.9. The lowest BCUT2D eigenvalue weighted by molar-refractivity contribution is 0.0967. The van der Waals surface area contributed by atoms with E-state index in [1.165, 1.54) is 32.8 Å². The molecule has 5 nitrogen and oxygen atoms in total. The average Bonchev–Trinajstić information content (AvgIpc) is 3.51. The summed E-state index contributed by atoms with van der Waals surface area (Å²) in [5.41, 5.74) is 6.62. The number of amides is 1. The third-order valence-electron chi connectivity index (χ3n) is 8.70. The van der Waals surface area contributed by atoms with Crippen molar-refractivity contribution in [3.63, 3.8) is 0 Å². The van der Waals surface area contributed by atoms with Gasteiger partial charge in [-0.05, 0) is 37.5 Å². The van der Waals surface area contributed by atoms with Crippen LogP contribution in [0.2, 0.25) is 0 Å². The third kappa shape index (κ3) is 1.67. The van der Waals surface area contributed by atoms with Crippen molar-refractivity contribution in [3.05, 3.63) is 59.7 Å². The Labute approximate surface area is 184 Å². The van der Waals surface area contributed by atoms with Crippen molar-refractivity contribution in [2.75, 3.05) is 6.61 Å². The number of aromatic nitrogens is 2. The predicted molar refractivity (Wildman–Crippen MR) is 126 cm³/mol. The second-order valence-corrected chi connectivity index (χ2v) is 10.1. The molecule has 1 aliphatic carbocycles. The molecule has 4 heterocycles. The van der Waals surface area contributed by atoms with Crippen LogP contribution < -0.4 is 5.32 Å². The Balaban J connectivity index is 1.78. The van der Waals surface area contributed by atoms with E-state index in [-0.39, 0.29) is 24.0 Å². The van der Waals surface area contributed by atoms with Crippen LogP contribution in [-0.4, -0.2) is 26.8 Å². The largest absolute Gasteiger partial charge is 0.396 e. The summed E-state index contributed by atoms with van der Waals surface area (Å²) in [6, 6.07) is 17.4. The maximum atomic E-state index is 13.2. The molecule has 2 N–H and O–H groups in total. The molecule has 1 fully saturated rings. The first-order chi connectivity index (χ1) is 15.6. The Morgan fingerprint density at radius 1 is 1.03 bits per heavy atom. The van der Waals surface area contributed by atoms with E-state index in [1.807, 2.05) is 0 Å². The first-order valence-electron chi connectivity index (χ1n) is 11.5. The maximum absolute atomic E-state index is 13.2. The number of aliphatic hydroxyl groups excluding tert-OH is 1. The number of nitrogens with zero attached hydrogens (tertiary/aromatic N) is 2. The minimum Gasteiger partial charge on any atom is -0.396 e. The summed E-state index contributed by atoms with van der Waals surface area (Å²) in [5.74, 6) is 0.222. The van der Waals surface area contributed by atoms with Crippen LogP contribution in [0.1, 0.15) is 41.7 Å². The van der Waals surface area contributed by atoms with E-state index in [0.29, 0.717) is 12.6 Å². The molecule has 1 saturated carbocycles. The van der Waals surface area contributed by atoms with Crippen LogP contribution in [0.4, 0.5) is 0 Å². The van der Waals surface area contributed by atoms with E-state index in [9.17, 15) is 9.90 Å². The van der Waals surface area contributed by atoms with E-state index >= 15 is 0 Å². The number of hydrogen-bond acceptors (Lipinski definition) is 2. The molecule has 158 valence electrons. The molecular weight excluding hydrogens is 398 g/mol. The Morgan fingerprint density at radius 3 is 2.53 bits per heavy atom. The van der Waals surface area contributed by atoms with Crippen molar-refractivity contribution in [2.24, 2.45) is 5.92 Å². The monoisotopic (exact) mass is 421 g/mol. The van der Waals surface area contributed by atoms with Crippen LogP contribution in [0.3, 0.4) is 0 Å². The van der Waals surface area contributed by atoms with E-state index in [4.69, 9.17) is 0 Å². The summed E-state index contributed by atoms with van der Waals surface area (Å²) in [6.45, 7) is 3.08. The fourth-order valence-electron chi connectivity index (χ4n) is 7.44. The number of carbonyl (C=O) groups excluding carboxylic acids is 1. The van der Waals surface area contributed by atoms with Crippen LogP contribution in [0, 0.1) is 5.92 Å². The third-order valence-corrected chi connectivity index (χ3v) is 8.70. The number of carbonyl (C=O) groups is 1. The molecule has 0 spiro atoms. The van der Waals surface area contributed by atoms with Crippen molar-refractivity contribution in [1.29, 1.82) is 0 Å². The number of benzene rings is 3. The molecule has 1 unspecified atom stereocenters. The van der Waals surface area contributed by atoms with Gasteiger partial charge in [0.2, 0.25) is 0 Å². The topological polar surface area (TPSA) is 59.2 Å². The van der Waals surface area contributed by atoms with E-state index in [2.05, 4.69) is 69.9 Å². The van der Waals surface area contributed by atoms with Crippen molar-refractivity contribution < 1.29 is 9.90 Å². The number of para-hydroxylation sites is 2. The average molecular weight is 422 g/mol. The van der Waals surface area contributed by atoms with Crippen LogP contribution in [0.25, 0.3) is 43.6 Å². The highest BCUT2D eigenvalue weighted by molar-refractivity contribution is 6.31. The molecule has 8 rings (SSSR count). The lowest BCUT2D eigenvalue weighted by atomic mass is 9.88. The molecular formula is C27H23N3O2. The van der Waals surface area contributed by atoms with Crippen LogP contribution in [0.5, 0.6) is 0 Å². The zero-order chi connectivity index (χ0) is 21.4. The Kier molecular flexibility index (Phi) is 2.89. The minimum atomic E-state index is -0.182. The van der Waals surface area contributed by atoms with Crippen LogP contribution >= 0.6 is 0 Å². The maximum Gasteiger partial charge on any atom is 0.252 e. The standard InChI is InChI=1S/C27H23N3O2/c1-27-11-15(10-14(27)13-31)29-19-8-4-2-6-16(19)22-23-18(12-28-26(23)32)21-17-7-3-5-9-20(17)30(27)25(21)24(22)29/h2-9,14-15,31H,10-13H2,1H3,(H,28,32)/t14-,15?,27+/m1/s1. The van der Waals surface area contributed by atoms with Gasteiger partial charge in [-0.15, -0.1) is 0 Å². The highest BCUT2D eigenvalue weighted by atomic mass is 16.3. The van der Waals surface area contributed by atoms with Gasteiger partial charge in [0, 0.05) is 63.2 Å². The van der Waals surface area contributed by atoms with Gasteiger partial charge in [0.05, 0.1) is 16.6 Å². The van der Waals surface area contributed by atoms with Crippen molar-refractivity contribution in [1.82, 2.24) is 14.5 Å². The molecule has 2 aromatic heterocycles. The van der Waals surface area contributed by atoms with Crippen molar-refractivity contribution in [3.8, 4) is 0 Å². The Bertz CT molecular complexity index is 1670. The molecule has 3 aromatic carbocycles. The molecule has 2 aliphatic heterocycles. The van der Waals surface area contributed by atoms with E-state index in [1.54, 1.807) is 0 Å². The first-order valence-corrected chi connectivity index (χ1v) is 11.5. The molecule has 3 aliphatic rings. The van der Waals surface area contributed by atoms with Gasteiger partial charge < -0.3 is 19.6 Å². The second kappa shape index (κ2) is 5.36. The number of rotatable bonds is 1. The van der Waals surface area contributed by atoms with Gasteiger partial charge in [-0.2, -0.15) is 0 Å². The molecule has 3 atom stereocenters. The smallest absolute Gasteiger partial charge is 0.252 e. The fraction of sp³-hybridized carbons (Fsp3) is 0.296. The van der Waals surface area contributed by atoms with Crippen LogP contribution in [0.15, 0.2) is 48.5 Å². The molecule has 5 aromatic rings. The van der Waals surface area contributed by atoms with Gasteiger partial charge in [-0.3, -0.25) is 4.79 Å². The van der Waals surface area contributed by atoms with E-state index < -0.39 is 0 Å². The quantitative estimate of drug-likeness (QED) is 0.408. The zero-order valence-corrected chi connectivity index (χ0v) is 17.9. The van der Waals surface area contributed by atoms with Gasteiger partial charge in [0.15, 0.2) is 0 Å². The highest BCUT2D eigenvalue weighted by Crippen LogP contribution is 2.57. The highest BCUT2D eigenvalue weighted by Gasteiger charge is 2.50. The molecule has 0 radical (unpaired) electrons. The Morgan fingerprint density at radius 2 is 1.75 bits per heavy atom. The predicted octanol–water partition coefficient (Wildman–Crippen LogP) is 4.82. The summed E-state index contributed by atoms with van der Waals surface area (Å²) in [7, 11) is 0. The summed E-state index contributed by atoms with van der Waals surface area (Å²) < 4.78 is 5.04. The summed E-state index contributed by atoms with van der Waals surface area (Å²) >= 11 is 0. The SMILES string of the molecule is C[C@]12CC(C[C@@H]1CO)n1c3ccccc3c3c4c(c5c6ccccc6n2c5c31)CNC4=O. The first kappa shape index (κ1) is 17.3.